The Morgan fingerprint density at radius 2 is 0.743 bits per heavy atom. The van der Waals surface area contributed by atoms with Crippen LogP contribution in [-0.4, -0.2) is 111 Å². The van der Waals surface area contributed by atoms with Gasteiger partial charge in [0.15, 0.2) is 37.0 Å². The molecular weight excluding hydrogens is 901 g/mol. The first kappa shape index (κ1) is 49.3. The number of rotatable bonds is 19. The summed E-state index contributed by atoms with van der Waals surface area (Å²) in [5.74, 6) is -3.36. The van der Waals surface area contributed by atoms with Gasteiger partial charge in [0.1, 0.15) is 24.4 Å². The summed E-state index contributed by atoms with van der Waals surface area (Å²) < 4.78 is 62.9. The van der Waals surface area contributed by atoms with Gasteiger partial charge in [-0.3, -0.25) is 0 Å². The number of carbonyl (C=O) groups excluding carboxylic acids is 4. The van der Waals surface area contributed by atoms with Crippen LogP contribution < -0.4 is 0 Å². The molecule has 0 amide bonds. The lowest BCUT2D eigenvalue weighted by Gasteiger charge is -2.48. The Balaban J connectivity index is 1.21. The molecule has 0 unspecified atom stereocenters. The number of hydrogen-bond donors (Lipinski definition) is 1. The number of aliphatic hydroxyl groups is 1. The molecule has 15 heteroatoms. The average Bonchev–Trinajstić information content (AvgIpc) is 3.41. The third-order valence-corrected chi connectivity index (χ3v) is 11.5. The maximum Gasteiger partial charge on any atom is 0.338 e. The van der Waals surface area contributed by atoms with E-state index in [9.17, 15) is 24.3 Å². The van der Waals surface area contributed by atoms with Gasteiger partial charge in [-0.05, 0) is 59.7 Å². The lowest BCUT2D eigenvalue weighted by molar-refractivity contribution is -0.356. The predicted molar refractivity (Wildman–Crippen MR) is 250 cm³/mol. The highest BCUT2D eigenvalue weighted by molar-refractivity contribution is 5.91. The van der Waals surface area contributed by atoms with Gasteiger partial charge in [0, 0.05) is 7.11 Å². The van der Waals surface area contributed by atoms with E-state index in [1.165, 1.54) is 31.4 Å². The Hall–Kier alpha value is -7.08. The fourth-order valence-electron chi connectivity index (χ4n) is 7.98. The van der Waals surface area contributed by atoms with Gasteiger partial charge in [0.05, 0.1) is 48.7 Å². The van der Waals surface area contributed by atoms with E-state index in [4.69, 9.17) is 47.4 Å². The van der Waals surface area contributed by atoms with Crippen LogP contribution in [0.4, 0.5) is 0 Å². The van der Waals surface area contributed by atoms with E-state index in [-0.39, 0.29) is 48.7 Å². The lowest BCUT2D eigenvalue weighted by Crippen LogP contribution is -2.67. The average molecular weight is 953 g/mol. The van der Waals surface area contributed by atoms with Crippen molar-refractivity contribution >= 4 is 23.9 Å². The zero-order valence-corrected chi connectivity index (χ0v) is 38.1. The highest BCUT2D eigenvalue weighted by atomic mass is 16.8. The number of esters is 4. The standard InChI is InChI=1S/C55H52O15/c1-61-54-49(69-53(60)41-30-18-7-19-31-41)47(67-51(58)39-26-14-5-15-27-39)45(43(65-54)35-63-33-37-22-10-3-11-23-37)70-55-48(68-52(59)40-28-16-6-17-29-40)46(66-50(57)38-24-12-4-13-25-38)44(56)42(64-55)34-62-32-36-20-8-2-9-21-36/h2-31,42-49,54-56H,32-35H2,1H3/t42-,43-,44-,45-,46+,47+,48-,49-,54+,55+/m1/s1. The predicted octanol–water partition coefficient (Wildman–Crippen LogP) is 7.16. The highest BCUT2D eigenvalue weighted by Gasteiger charge is 2.57. The normalized spacial score (nSPS) is 24.1. The molecule has 2 saturated heterocycles. The first-order valence-electron chi connectivity index (χ1n) is 22.7. The van der Waals surface area contributed by atoms with Crippen molar-refractivity contribution in [1.82, 2.24) is 0 Å². The highest BCUT2D eigenvalue weighted by Crippen LogP contribution is 2.36. The number of methoxy groups -OCH3 is 1. The Labute approximate surface area is 404 Å². The number of benzene rings is 6. The lowest BCUT2D eigenvalue weighted by atomic mass is 9.96. The van der Waals surface area contributed by atoms with E-state index in [1.54, 1.807) is 97.1 Å². The molecule has 70 heavy (non-hydrogen) atoms. The summed E-state index contributed by atoms with van der Waals surface area (Å²) in [7, 11) is 1.34. The van der Waals surface area contributed by atoms with E-state index in [0.717, 1.165) is 11.1 Å². The van der Waals surface area contributed by atoms with Gasteiger partial charge in [0.25, 0.3) is 0 Å². The molecule has 6 aromatic carbocycles. The number of aliphatic hydroxyl groups excluding tert-OH is 1. The van der Waals surface area contributed by atoms with Gasteiger partial charge in [-0.2, -0.15) is 0 Å². The molecule has 1 N–H and O–H groups in total. The zero-order valence-electron chi connectivity index (χ0n) is 38.1. The van der Waals surface area contributed by atoms with Crippen molar-refractivity contribution in [2.75, 3.05) is 20.3 Å². The molecule has 362 valence electrons. The summed E-state index contributed by atoms with van der Waals surface area (Å²) >= 11 is 0. The van der Waals surface area contributed by atoms with Crippen molar-refractivity contribution in [2.24, 2.45) is 0 Å². The van der Waals surface area contributed by atoms with Crippen molar-refractivity contribution in [3.63, 3.8) is 0 Å². The zero-order chi connectivity index (χ0) is 48.7. The molecule has 15 nitrogen and oxygen atoms in total. The Kier molecular flexibility index (Phi) is 17.2. The second kappa shape index (κ2) is 24.5. The fourth-order valence-corrected chi connectivity index (χ4v) is 7.98. The summed E-state index contributed by atoms with van der Waals surface area (Å²) in [5, 5.41) is 12.2. The van der Waals surface area contributed by atoms with Crippen molar-refractivity contribution in [3.05, 3.63) is 215 Å². The van der Waals surface area contributed by atoms with Crippen LogP contribution >= 0.6 is 0 Å². The Morgan fingerprint density at radius 3 is 1.14 bits per heavy atom. The number of carbonyl (C=O) groups is 4. The van der Waals surface area contributed by atoms with E-state index in [0.29, 0.717) is 0 Å². The minimum atomic E-state index is -1.75. The van der Waals surface area contributed by atoms with Crippen LogP contribution in [0, 0.1) is 0 Å². The van der Waals surface area contributed by atoms with Crippen LogP contribution in [0.2, 0.25) is 0 Å². The van der Waals surface area contributed by atoms with Crippen LogP contribution in [0.5, 0.6) is 0 Å². The number of hydrogen-bond acceptors (Lipinski definition) is 15. The molecule has 0 aromatic heterocycles. The summed E-state index contributed by atoms with van der Waals surface area (Å²) in [6.07, 6.45) is -15.3. The molecule has 10 atom stereocenters. The summed E-state index contributed by atoms with van der Waals surface area (Å²) in [5.41, 5.74) is 2.25. The molecule has 6 aromatic rings. The minimum Gasteiger partial charge on any atom is -0.452 e. The van der Waals surface area contributed by atoms with Gasteiger partial charge in [-0.1, -0.05) is 133 Å². The third kappa shape index (κ3) is 12.8. The van der Waals surface area contributed by atoms with Crippen LogP contribution in [-0.2, 0) is 60.6 Å². The first-order chi connectivity index (χ1) is 34.2. The van der Waals surface area contributed by atoms with Crippen LogP contribution in [0.25, 0.3) is 0 Å². The van der Waals surface area contributed by atoms with E-state index in [1.807, 2.05) is 60.7 Å². The molecule has 0 spiro atoms. The topological polar surface area (TPSA) is 181 Å². The molecule has 2 fully saturated rings. The molecule has 0 bridgehead atoms. The fraction of sp³-hybridized carbons (Fsp3) is 0.273. The monoisotopic (exact) mass is 952 g/mol. The number of ether oxygens (including phenoxy) is 10. The van der Waals surface area contributed by atoms with Crippen LogP contribution in [0.15, 0.2) is 182 Å². The largest absolute Gasteiger partial charge is 0.452 e. The van der Waals surface area contributed by atoms with Crippen LogP contribution in [0.1, 0.15) is 52.6 Å². The maximum atomic E-state index is 14.2. The Morgan fingerprint density at radius 1 is 0.414 bits per heavy atom. The van der Waals surface area contributed by atoms with Gasteiger partial charge in [0.2, 0.25) is 0 Å². The van der Waals surface area contributed by atoms with E-state index in [2.05, 4.69) is 0 Å². The smallest absolute Gasteiger partial charge is 0.338 e. The van der Waals surface area contributed by atoms with Gasteiger partial charge in [-0.25, -0.2) is 19.2 Å². The van der Waals surface area contributed by atoms with Gasteiger partial charge < -0.3 is 52.5 Å². The molecule has 2 aliphatic heterocycles. The minimum absolute atomic E-state index is 0.113. The molecule has 0 radical (unpaired) electrons. The molecule has 0 saturated carbocycles. The van der Waals surface area contributed by atoms with Crippen LogP contribution in [0.3, 0.4) is 0 Å². The Bertz CT molecular complexity index is 2570. The van der Waals surface area contributed by atoms with Crippen molar-refractivity contribution in [1.29, 1.82) is 0 Å². The second-order valence-electron chi connectivity index (χ2n) is 16.4. The summed E-state index contributed by atoms with van der Waals surface area (Å²) in [6.45, 7) is -0.262. The third-order valence-electron chi connectivity index (χ3n) is 11.5. The molecule has 2 heterocycles. The van der Waals surface area contributed by atoms with E-state index >= 15 is 0 Å². The SMILES string of the molecule is CO[C@H]1O[C@H](COCc2ccccc2)[C@@H](O[C@@H]2O[C@H](COCc3ccccc3)[C@@H](O)[C@H](OC(=O)c3ccccc3)[C@H]2OC(=O)c2ccccc2)[C@H](OC(=O)c2ccccc2)[C@H]1OC(=O)c1ccccc1. The quantitative estimate of drug-likeness (QED) is 0.0638. The first-order valence-corrected chi connectivity index (χ1v) is 22.7. The molecule has 8 rings (SSSR count). The molecule has 2 aliphatic rings. The van der Waals surface area contributed by atoms with Crippen molar-refractivity contribution < 1.29 is 71.7 Å². The second-order valence-corrected chi connectivity index (χ2v) is 16.4. The van der Waals surface area contributed by atoms with Gasteiger partial charge in [-0.15, -0.1) is 0 Å². The molecular formula is C55H52O15. The van der Waals surface area contributed by atoms with Crippen molar-refractivity contribution in [2.45, 2.75) is 74.6 Å². The summed E-state index contributed by atoms with van der Waals surface area (Å²) in [6, 6.07) is 51.0. The van der Waals surface area contributed by atoms with Crippen molar-refractivity contribution in [3.8, 4) is 0 Å². The maximum absolute atomic E-state index is 14.2. The molecule has 0 aliphatic carbocycles. The summed E-state index contributed by atoms with van der Waals surface area (Å²) in [4.78, 5) is 56.2. The van der Waals surface area contributed by atoms with E-state index < -0.39 is 85.3 Å². The van der Waals surface area contributed by atoms with Gasteiger partial charge >= 0.3 is 23.9 Å².